The zero-order valence-electron chi connectivity index (χ0n) is 11.8. The van der Waals surface area contributed by atoms with Gasteiger partial charge in [-0.1, -0.05) is 6.07 Å². The van der Waals surface area contributed by atoms with Crippen molar-refractivity contribution >= 4 is 11.0 Å². The van der Waals surface area contributed by atoms with Crippen LogP contribution in [0.25, 0.3) is 11.0 Å². The third-order valence-corrected chi connectivity index (χ3v) is 3.41. The van der Waals surface area contributed by atoms with E-state index in [-0.39, 0.29) is 0 Å². The van der Waals surface area contributed by atoms with Crippen LogP contribution in [0.15, 0.2) is 53.1 Å². The van der Waals surface area contributed by atoms with Crippen molar-refractivity contribution in [1.29, 1.82) is 0 Å². The summed E-state index contributed by atoms with van der Waals surface area (Å²) >= 11 is 0. The second-order valence-corrected chi connectivity index (χ2v) is 4.76. The van der Waals surface area contributed by atoms with Crippen LogP contribution in [0.5, 0.6) is 11.5 Å². The number of benzene rings is 2. The Labute approximate surface area is 123 Å². The number of rotatable bonds is 5. The number of hydrogen-bond donors (Lipinski definition) is 1. The first kappa shape index (κ1) is 13.5. The molecule has 3 rings (SSSR count). The van der Waals surface area contributed by atoms with Gasteiger partial charge in [0, 0.05) is 17.5 Å². The normalized spacial score (nSPS) is 10.8. The summed E-state index contributed by atoms with van der Waals surface area (Å²) in [5.74, 6) is 1.60. The van der Waals surface area contributed by atoms with Gasteiger partial charge in [-0.2, -0.15) is 0 Å². The Balaban J connectivity index is 1.77. The molecule has 0 atom stereocenters. The molecule has 0 bridgehead atoms. The average molecular weight is 283 g/mol. The number of methoxy groups -OCH3 is 1. The second-order valence-electron chi connectivity index (χ2n) is 4.76. The standard InChI is InChI=1S/C17H17NO3/c1-19-14-3-5-15(6-4-14)20-10-13-11-21-17-7-2-12(9-18)8-16(13)17/h2-8,11H,9-10,18H2,1H3. The lowest BCUT2D eigenvalue weighted by Gasteiger charge is -2.06. The van der Waals surface area contributed by atoms with Gasteiger partial charge < -0.3 is 19.6 Å². The van der Waals surface area contributed by atoms with Crippen molar-refractivity contribution in [3.63, 3.8) is 0 Å². The molecule has 1 aromatic heterocycles. The van der Waals surface area contributed by atoms with Gasteiger partial charge in [0.15, 0.2) is 0 Å². The van der Waals surface area contributed by atoms with Gasteiger partial charge in [-0.25, -0.2) is 0 Å². The minimum Gasteiger partial charge on any atom is -0.497 e. The molecule has 3 aromatic rings. The van der Waals surface area contributed by atoms with E-state index < -0.39 is 0 Å². The van der Waals surface area contributed by atoms with Crippen LogP contribution in [-0.2, 0) is 13.2 Å². The monoisotopic (exact) mass is 283 g/mol. The van der Waals surface area contributed by atoms with E-state index >= 15 is 0 Å². The first-order chi connectivity index (χ1) is 10.3. The smallest absolute Gasteiger partial charge is 0.134 e. The van der Waals surface area contributed by atoms with E-state index in [1.807, 2.05) is 42.5 Å². The number of hydrogen-bond acceptors (Lipinski definition) is 4. The Kier molecular flexibility index (Phi) is 3.79. The number of fused-ring (bicyclic) bond motifs is 1. The Morgan fingerprint density at radius 3 is 2.52 bits per heavy atom. The van der Waals surface area contributed by atoms with Crippen LogP contribution in [0.3, 0.4) is 0 Å². The molecule has 0 radical (unpaired) electrons. The van der Waals surface area contributed by atoms with Gasteiger partial charge in [0.05, 0.1) is 13.4 Å². The van der Waals surface area contributed by atoms with Crippen molar-refractivity contribution in [2.45, 2.75) is 13.2 Å². The zero-order chi connectivity index (χ0) is 14.7. The van der Waals surface area contributed by atoms with Crippen molar-refractivity contribution in [3.8, 4) is 11.5 Å². The molecule has 1 heterocycles. The van der Waals surface area contributed by atoms with Gasteiger partial charge >= 0.3 is 0 Å². The van der Waals surface area contributed by atoms with Gasteiger partial charge in [-0.15, -0.1) is 0 Å². The van der Waals surface area contributed by atoms with Crippen molar-refractivity contribution in [3.05, 3.63) is 59.9 Å². The summed E-state index contributed by atoms with van der Waals surface area (Å²) in [5.41, 5.74) is 8.61. The second kappa shape index (κ2) is 5.89. The van der Waals surface area contributed by atoms with E-state index in [1.165, 1.54) is 0 Å². The average Bonchev–Trinajstić information content (AvgIpc) is 2.95. The minimum absolute atomic E-state index is 0.452. The summed E-state index contributed by atoms with van der Waals surface area (Å²) in [7, 11) is 1.64. The van der Waals surface area contributed by atoms with E-state index in [0.29, 0.717) is 13.2 Å². The van der Waals surface area contributed by atoms with Crippen LogP contribution in [0.1, 0.15) is 11.1 Å². The van der Waals surface area contributed by atoms with E-state index in [4.69, 9.17) is 19.6 Å². The molecule has 0 saturated heterocycles. The predicted molar refractivity (Wildman–Crippen MR) is 81.4 cm³/mol. The van der Waals surface area contributed by atoms with Crippen LogP contribution in [0, 0.1) is 0 Å². The lowest BCUT2D eigenvalue weighted by atomic mass is 10.1. The highest BCUT2D eigenvalue weighted by Crippen LogP contribution is 2.24. The largest absolute Gasteiger partial charge is 0.497 e. The molecule has 0 aliphatic rings. The molecule has 21 heavy (non-hydrogen) atoms. The lowest BCUT2D eigenvalue weighted by Crippen LogP contribution is -1.97. The van der Waals surface area contributed by atoms with Gasteiger partial charge in [0.2, 0.25) is 0 Å². The van der Waals surface area contributed by atoms with Crippen LogP contribution in [0.2, 0.25) is 0 Å². The fourth-order valence-corrected chi connectivity index (χ4v) is 2.20. The maximum Gasteiger partial charge on any atom is 0.134 e. The first-order valence-corrected chi connectivity index (χ1v) is 6.76. The van der Waals surface area contributed by atoms with Crippen LogP contribution in [-0.4, -0.2) is 7.11 Å². The summed E-state index contributed by atoms with van der Waals surface area (Å²) in [6.07, 6.45) is 1.73. The Morgan fingerprint density at radius 2 is 1.81 bits per heavy atom. The predicted octanol–water partition coefficient (Wildman–Crippen LogP) is 3.48. The zero-order valence-corrected chi connectivity index (χ0v) is 11.8. The van der Waals surface area contributed by atoms with Crippen LogP contribution >= 0.6 is 0 Å². The summed E-state index contributed by atoms with van der Waals surface area (Å²) in [4.78, 5) is 0. The van der Waals surface area contributed by atoms with Crippen LogP contribution < -0.4 is 15.2 Å². The van der Waals surface area contributed by atoms with Crippen molar-refractivity contribution in [2.75, 3.05) is 7.11 Å². The van der Waals surface area contributed by atoms with Crippen molar-refractivity contribution in [2.24, 2.45) is 5.73 Å². The molecule has 0 fully saturated rings. The van der Waals surface area contributed by atoms with Crippen LogP contribution in [0.4, 0.5) is 0 Å². The molecule has 108 valence electrons. The fourth-order valence-electron chi connectivity index (χ4n) is 2.20. The highest BCUT2D eigenvalue weighted by molar-refractivity contribution is 5.81. The number of furan rings is 1. The Bertz CT molecular complexity index is 731. The number of nitrogens with two attached hydrogens (primary N) is 1. The molecule has 0 saturated carbocycles. The Morgan fingerprint density at radius 1 is 1.05 bits per heavy atom. The fraction of sp³-hybridized carbons (Fsp3) is 0.176. The quantitative estimate of drug-likeness (QED) is 0.779. The number of ether oxygens (including phenoxy) is 2. The molecule has 0 aliphatic heterocycles. The van der Waals surface area contributed by atoms with Gasteiger partial charge in [0.25, 0.3) is 0 Å². The van der Waals surface area contributed by atoms with E-state index in [9.17, 15) is 0 Å². The van der Waals surface area contributed by atoms with Crippen molar-refractivity contribution in [1.82, 2.24) is 0 Å². The van der Waals surface area contributed by atoms with E-state index in [1.54, 1.807) is 13.4 Å². The molecule has 0 unspecified atom stereocenters. The molecule has 0 aliphatic carbocycles. The molecule has 2 N–H and O–H groups in total. The van der Waals surface area contributed by atoms with Gasteiger partial charge in [-0.3, -0.25) is 0 Å². The molecule has 2 aromatic carbocycles. The van der Waals surface area contributed by atoms with Gasteiger partial charge in [-0.05, 0) is 42.0 Å². The summed E-state index contributed by atoms with van der Waals surface area (Å²) < 4.78 is 16.4. The highest BCUT2D eigenvalue weighted by Gasteiger charge is 2.07. The molecule has 4 heteroatoms. The van der Waals surface area contributed by atoms with E-state index in [0.717, 1.165) is 33.6 Å². The maximum atomic E-state index is 5.78. The summed E-state index contributed by atoms with van der Waals surface area (Å²) in [5, 5.41) is 1.05. The van der Waals surface area contributed by atoms with E-state index in [2.05, 4.69) is 0 Å². The third-order valence-electron chi connectivity index (χ3n) is 3.41. The molecule has 0 spiro atoms. The molecule has 0 amide bonds. The summed E-state index contributed by atoms with van der Waals surface area (Å²) in [6.45, 7) is 0.966. The molecular formula is C17H17NO3. The summed E-state index contributed by atoms with van der Waals surface area (Å²) in [6, 6.07) is 13.5. The minimum atomic E-state index is 0.452. The van der Waals surface area contributed by atoms with Crippen molar-refractivity contribution < 1.29 is 13.9 Å². The highest BCUT2D eigenvalue weighted by atomic mass is 16.5. The first-order valence-electron chi connectivity index (χ1n) is 6.76. The maximum absolute atomic E-state index is 5.78. The lowest BCUT2D eigenvalue weighted by molar-refractivity contribution is 0.305. The third kappa shape index (κ3) is 2.85. The molecular weight excluding hydrogens is 266 g/mol. The topological polar surface area (TPSA) is 57.6 Å². The Hall–Kier alpha value is -2.46. The van der Waals surface area contributed by atoms with Gasteiger partial charge in [0.1, 0.15) is 23.7 Å². The SMILES string of the molecule is COc1ccc(OCc2coc3ccc(CN)cc23)cc1. The molecule has 4 nitrogen and oxygen atoms in total.